The van der Waals surface area contributed by atoms with Crippen LogP contribution in [0.1, 0.15) is 44.7 Å². The molecule has 1 atom stereocenters. The van der Waals surface area contributed by atoms with Gasteiger partial charge in [-0.25, -0.2) is 0 Å². The van der Waals surface area contributed by atoms with Crippen LogP contribution < -0.4 is 10.2 Å². The average Bonchev–Trinajstić information content (AvgIpc) is 2.70. The Kier molecular flexibility index (Phi) is 5.05. The van der Waals surface area contributed by atoms with Crippen LogP contribution >= 0.6 is 0 Å². The van der Waals surface area contributed by atoms with Gasteiger partial charge in [-0.2, -0.15) is 4.98 Å². The minimum absolute atomic E-state index is 0.774. The Bertz CT molecular complexity index is 351. The summed E-state index contributed by atoms with van der Waals surface area (Å²) >= 11 is 0. The third-order valence-electron chi connectivity index (χ3n) is 3.71. The fraction of sp³-hybridized carbons (Fsp3) is 0.786. The summed E-state index contributed by atoms with van der Waals surface area (Å²) in [6.45, 7) is 5.22. The quantitative estimate of drug-likeness (QED) is 0.873. The van der Waals surface area contributed by atoms with Crippen LogP contribution in [-0.4, -0.2) is 25.1 Å². The second kappa shape index (κ2) is 6.78. The first-order chi connectivity index (χ1) is 8.83. The molecule has 0 amide bonds. The van der Waals surface area contributed by atoms with Crippen molar-refractivity contribution >= 4 is 6.01 Å². The largest absolute Gasteiger partial charge is 0.432 e. The van der Waals surface area contributed by atoms with E-state index in [9.17, 15) is 0 Å². The maximum absolute atomic E-state index is 5.58. The van der Waals surface area contributed by atoms with E-state index in [0.717, 1.165) is 37.3 Å². The molecule has 0 bridgehead atoms. The van der Waals surface area contributed by atoms with Crippen molar-refractivity contribution in [3.8, 4) is 0 Å². The standard InChI is InChI=1S/C14H25N3O/c1-3-5-12-6-4-8-17(9-7-12)14-16-13(10-15-2)11-18-14/h11-12,15H,3-10H2,1-2H3. The maximum Gasteiger partial charge on any atom is 0.297 e. The minimum Gasteiger partial charge on any atom is -0.432 e. The summed E-state index contributed by atoms with van der Waals surface area (Å²) < 4.78 is 5.58. The van der Waals surface area contributed by atoms with E-state index in [2.05, 4.69) is 22.1 Å². The molecule has 1 aromatic heterocycles. The van der Waals surface area contributed by atoms with Crippen molar-refractivity contribution < 1.29 is 4.42 Å². The Labute approximate surface area is 110 Å². The highest BCUT2D eigenvalue weighted by Gasteiger charge is 2.19. The molecule has 0 spiro atoms. The highest BCUT2D eigenvalue weighted by atomic mass is 16.4. The molecule has 1 unspecified atom stereocenters. The normalized spacial score (nSPS) is 21.0. The van der Waals surface area contributed by atoms with Gasteiger partial charge in [0.1, 0.15) is 6.26 Å². The summed E-state index contributed by atoms with van der Waals surface area (Å²) in [7, 11) is 1.93. The van der Waals surface area contributed by atoms with E-state index in [4.69, 9.17) is 4.42 Å². The van der Waals surface area contributed by atoms with E-state index in [1.54, 1.807) is 6.26 Å². The summed E-state index contributed by atoms with van der Waals surface area (Å²) in [5.41, 5.74) is 0.988. The van der Waals surface area contributed by atoms with Crippen molar-refractivity contribution in [3.05, 3.63) is 12.0 Å². The first-order valence-corrected chi connectivity index (χ1v) is 7.17. The average molecular weight is 251 g/mol. The van der Waals surface area contributed by atoms with Gasteiger partial charge in [0.05, 0.1) is 5.69 Å². The third-order valence-corrected chi connectivity index (χ3v) is 3.71. The summed E-state index contributed by atoms with van der Waals surface area (Å²) in [5.74, 6) is 0.895. The van der Waals surface area contributed by atoms with E-state index < -0.39 is 0 Å². The Hall–Kier alpha value is -1.03. The van der Waals surface area contributed by atoms with Crippen LogP contribution in [0.3, 0.4) is 0 Å². The number of nitrogens with one attached hydrogen (secondary N) is 1. The van der Waals surface area contributed by atoms with E-state index >= 15 is 0 Å². The molecule has 4 heteroatoms. The van der Waals surface area contributed by atoms with Gasteiger partial charge in [0, 0.05) is 19.6 Å². The van der Waals surface area contributed by atoms with Crippen molar-refractivity contribution in [2.75, 3.05) is 25.0 Å². The van der Waals surface area contributed by atoms with Gasteiger partial charge in [-0.05, 0) is 32.2 Å². The van der Waals surface area contributed by atoms with Crippen LogP contribution in [0.5, 0.6) is 0 Å². The number of rotatable bonds is 5. The predicted octanol–water partition coefficient (Wildman–Crippen LogP) is 2.80. The lowest BCUT2D eigenvalue weighted by Gasteiger charge is -2.17. The van der Waals surface area contributed by atoms with Crippen molar-refractivity contribution in [2.24, 2.45) is 5.92 Å². The van der Waals surface area contributed by atoms with Crippen molar-refractivity contribution in [3.63, 3.8) is 0 Å². The molecule has 1 saturated heterocycles. The van der Waals surface area contributed by atoms with Gasteiger partial charge < -0.3 is 14.6 Å². The predicted molar refractivity (Wildman–Crippen MR) is 73.7 cm³/mol. The zero-order chi connectivity index (χ0) is 12.8. The lowest BCUT2D eigenvalue weighted by Crippen LogP contribution is -2.24. The molecule has 0 aliphatic carbocycles. The maximum atomic E-state index is 5.58. The third kappa shape index (κ3) is 3.48. The minimum atomic E-state index is 0.774. The Morgan fingerprint density at radius 3 is 3.11 bits per heavy atom. The molecule has 1 fully saturated rings. The Morgan fingerprint density at radius 2 is 2.33 bits per heavy atom. The molecule has 0 saturated carbocycles. The van der Waals surface area contributed by atoms with Gasteiger partial charge in [-0.3, -0.25) is 0 Å². The molecule has 1 N–H and O–H groups in total. The number of hydrogen-bond donors (Lipinski definition) is 1. The molecule has 0 aromatic carbocycles. The summed E-state index contributed by atoms with van der Waals surface area (Å²) in [6, 6.07) is 0.803. The first kappa shape index (κ1) is 13.4. The van der Waals surface area contributed by atoms with Crippen LogP contribution in [-0.2, 0) is 6.54 Å². The summed E-state index contributed by atoms with van der Waals surface area (Å²) in [6.07, 6.45) is 8.32. The van der Waals surface area contributed by atoms with Gasteiger partial charge >= 0.3 is 0 Å². The second-order valence-electron chi connectivity index (χ2n) is 5.22. The molecule has 2 heterocycles. The lowest BCUT2D eigenvalue weighted by atomic mass is 9.96. The van der Waals surface area contributed by atoms with Crippen LogP contribution in [0, 0.1) is 5.92 Å². The molecule has 1 aromatic rings. The fourth-order valence-corrected chi connectivity index (χ4v) is 2.76. The van der Waals surface area contributed by atoms with Gasteiger partial charge in [0.2, 0.25) is 0 Å². The first-order valence-electron chi connectivity index (χ1n) is 7.17. The fourth-order valence-electron chi connectivity index (χ4n) is 2.76. The van der Waals surface area contributed by atoms with Gasteiger partial charge in [-0.15, -0.1) is 0 Å². The van der Waals surface area contributed by atoms with Crippen LogP contribution in [0.15, 0.2) is 10.7 Å². The van der Waals surface area contributed by atoms with E-state index in [1.165, 1.54) is 32.1 Å². The molecule has 1 aliphatic heterocycles. The highest BCUT2D eigenvalue weighted by molar-refractivity contribution is 5.27. The molecule has 0 radical (unpaired) electrons. The van der Waals surface area contributed by atoms with Crippen molar-refractivity contribution in [2.45, 2.75) is 45.6 Å². The van der Waals surface area contributed by atoms with Crippen LogP contribution in [0.2, 0.25) is 0 Å². The Morgan fingerprint density at radius 1 is 1.44 bits per heavy atom. The summed E-state index contributed by atoms with van der Waals surface area (Å²) in [5, 5.41) is 3.10. The number of oxazole rings is 1. The van der Waals surface area contributed by atoms with E-state index in [1.807, 2.05) is 7.05 Å². The number of hydrogen-bond acceptors (Lipinski definition) is 4. The molecule has 1 aliphatic rings. The lowest BCUT2D eigenvalue weighted by molar-refractivity contribution is 0.434. The van der Waals surface area contributed by atoms with Crippen molar-refractivity contribution in [1.29, 1.82) is 0 Å². The zero-order valence-corrected chi connectivity index (χ0v) is 11.6. The molecule has 102 valence electrons. The van der Waals surface area contributed by atoms with Gasteiger partial charge in [-0.1, -0.05) is 19.8 Å². The molecule has 18 heavy (non-hydrogen) atoms. The molecular formula is C14H25N3O. The smallest absolute Gasteiger partial charge is 0.297 e. The zero-order valence-electron chi connectivity index (χ0n) is 11.6. The molecule has 2 rings (SSSR count). The van der Waals surface area contributed by atoms with Crippen molar-refractivity contribution in [1.82, 2.24) is 10.3 Å². The molecular weight excluding hydrogens is 226 g/mol. The van der Waals surface area contributed by atoms with E-state index in [-0.39, 0.29) is 0 Å². The highest BCUT2D eigenvalue weighted by Crippen LogP contribution is 2.25. The summed E-state index contributed by atoms with van der Waals surface area (Å²) in [4.78, 5) is 6.83. The number of nitrogens with zero attached hydrogens (tertiary/aromatic N) is 2. The van der Waals surface area contributed by atoms with Gasteiger partial charge in [0.15, 0.2) is 0 Å². The second-order valence-corrected chi connectivity index (χ2v) is 5.22. The van der Waals surface area contributed by atoms with Crippen LogP contribution in [0.4, 0.5) is 6.01 Å². The monoisotopic (exact) mass is 251 g/mol. The van der Waals surface area contributed by atoms with Gasteiger partial charge in [0.25, 0.3) is 6.01 Å². The topological polar surface area (TPSA) is 41.3 Å². The number of anilines is 1. The Balaban J connectivity index is 1.92. The van der Waals surface area contributed by atoms with Crippen LogP contribution in [0.25, 0.3) is 0 Å². The molecule has 4 nitrogen and oxygen atoms in total. The number of aromatic nitrogens is 1. The van der Waals surface area contributed by atoms with E-state index in [0.29, 0.717) is 0 Å². The SMILES string of the molecule is CCCC1CCCN(c2nc(CNC)co2)CC1.